The largest absolute Gasteiger partial charge is 0.506 e. The average molecular weight is 436 g/mol. The van der Waals surface area contributed by atoms with Crippen molar-refractivity contribution in [2.75, 3.05) is 6.54 Å². The van der Waals surface area contributed by atoms with E-state index < -0.39 is 0 Å². The number of hydrogen-bond donors (Lipinski definition) is 2. The SMILES string of the molecule is Cl.Oc1c(Br)cc(Br)c([C@H]2CCCN2)c1Br. The summed E-state index contributed by atoms with van der Waals surface area (Å²) < 4.78 is 2.48. The summed E-state index contributed by atoms with van der Waals surface area (Å²) in [5.74, 6) is 0.266. The molecule has 6 heteroatoms. The molecule has 1 aromatic carbocycles. The van der Waals surface area contributed by atoms with Crippen molar-refractivity contribution in [1.29, 1.82) is 0 Å². The van der Waals surface area contributed by atoms with Crippen molar-refractivity contribution in [2.45, 2.75) is 18.9 Å². The van der Waals surface area contributed by atoms with E-state index in [2.05, 4.69) is 53.1 Å². The molecular formula is C10H11Br3ClNO. The van der Waals surface area contributed by atoms with Crippen molar-refractivity contribution >= 4 is 60.2 Å². The summed E-state index contributed by atoms with van der Waals surface area (Å²) in [5, 5.41) is 13.2. The van der Waals surface area contributed by atoms with E-state index in [0.717, 1.165) is 27.5 Å². The van der Waals surface area contributed by atoms with Gasteiger partial charge in [-0.15, -0.1) is 12.4 Å². The Morgan fingerprint density at radius 1 is 1.25 bits per heavy atom. The molecule has 1 aliphatic heterocycles. The Kier molecular flexibility index (Phi) is 5.58. The van der Waals surface area contributed by atoms with Crippen LogP contribution in [0.4, 0.5) is 0 Å². The Morgan fingerprint density at radius 3 is 2.50 bits per heavy atom. The highest BCUT2D eigenvalue weighted by Crippen LogP contribution is 2.43. The highest BCUT2D eigenvalue weighted by molar-refractivity contribution is 9.11. The molecule has 16 heavy (non-hydrogen) atoms. The summed E-state index contributed by atoms with van der Waals surface area (Å²) in [5.41, 5.74) is 1.10. The second-order valence-electron chi connectivity index (χ2n) is 3.57. The molecule has 1 aromatic rings. The third kappa shape index (κ3) is 2.75. The van der Waals surface area contributed by atoms with E-state index in [0.29, 0.717) is 10.5 Å². The predicted octanol–water partition coefficient (Wildman–Crippen LogP) is 4.53. The van der Waals surface area contributed by atoms with Crippen LogP contribution in [0.2, 0.25) is 0 Å². The standard InChI is InChI=1S/C10H10Br3NO.ClH/c11-5-4-6(12)10(15)9(13)8(5)7-2-1-3-14-7;/h4,7,14-15H,1-3H2;1H/t7-;/m1./s1. The van der Waals surface area contributed by atoms with Crippen molar-refractivity contribution in [1.82, 2.24) is 5.32 Å². The summed E-state index contributed by atoms with van der Waals surface area (Å²) >= 11 is 10.3. The van der Waals surface area contributed by atoms with Crippen LogP contribution in [0.3, 0.4) is 0 Å². The number of halogens is 4. The molecule has 1 heterocycles. The number of rotatable bonds is 1. The molecule has 1 saturated heterocycles. The summed E-state index contributed by atoms with van der Waals surface area (Å²) in [7, 11) is 0. The van der Waals surface area contributed by atoms with Crippen LogP contribution in [-0.4, -0.2) is 11.7 Å². The molecule has 1 atom stereocenters. The molecular weight excluding hydrogens is 425 g/mol. The van der Waals surface area contributed by atoms with Crippen molar-refractivity contribution in [3.05, 3.63) is 25.0 Å². The van der Waals surface area contributed by atoms with Gasteiger partial charge in [-0.05, 0) is 57.3 Å². The maximum atomic E-state index is 9.83. The van der Waals surface area contributed by atoms with Crippen LogP contribution in [0.1, 0.15) is 24.4 Å². The maximum Gasteiger partial charge on any atom is 0.144 e. The predicted molar refractivity (Wildman–Crippen MR) is 78.4 cm³/mol. The number of aromatic hydroxyl groups is 1. The van der Waals surface area contributed by atoms with Gasteiger partial charge in [-0.2, -0.15) is 0 Å². The molecule has 2 rings (SSSR count). The van der Waals surface area contributed by atoms with Gasteiger partial charge in [0.1, 0.15) is 5.75 Å². The first-order chi connectivity index (χ1) is 7.11. The summed E-state index contributed by atoms with van der Waals surface area (Å²) in [6.45, 7) is 1.04. The number of phenols is 1. The lowest BCUT2D eigenvalue weighted by atomic mass is 10.1. The molecule has 0 aromatic heterocycles. The highest BCUT2D eigenvalue weighted by Gasteiger charge is 2.23. The molecule has 2 N–H and O–H groups in total. The van der Waals surface area contributed by atoms with Crippen molar-refractivity contribution < 1.29 is 5.11 Å². The number of phenolic OH excluding ortho intramolecular Hbond substituents is 1. The van der Waals surface area contributed by atoms with Crippen LogP contribution in [0.25, 0.3) is 0 Å². The van der Waals surface area contributed by atoms with Gasteiger partial charge in [0.15, 0.2) is 0 Å². The third-order valence-electron chi connectivity index (χ3n) is 2.59. The molecule has 1 aliphatic rings. The fourth-order valence-electron chi connectivity index (χ4n) is 1.84. The first-order valence-corrected chi connectivity index (χ1v) is 7.09. The first kappa shape index (κ1) is 14.8. The van der Waals surface area contributed by atoms with E-state index in [-0.39, 0.29) is 18.2 Å². The second kappa shape index (κ2) is 6.05. The van der Waals surface area contributed by atoms with Crippen LogP contribution >= 0.6 is 60.2 Å². The van der Waals surface area contributed by atoms with Crippen LogP contribution in [-0.2, 0) is 0 Å². The number of benzene rings is 1. The Labute approximate surface area is 126 Å². The van der Waals surface area contributed by atoms with Gasteiger partial charge in [-0.1, -0.05) is 15.9 Å². The third-order valence-corrected chi connectivity index (χ3v) is 4.65. The van der Waals surface area contributed by atoms with Gasteiger partial charge < -0.3 is 10.4 Å². The first-order valence-electron chi connectivity index (χ1n) is 4.71. The molecule has 1 fully saturated rings. The van der Waals surface area contributed by atoms with E-state index in [1.165, 1.54) is 6.42 Å². The lowest BCUT2D eigenvalue weighted by molar-refractivity contribution is 0.465. The lowest BCUT2D eigenvalue weighted by Gasteiger charge is -2.16. The smallest absolute Gasteiger partial charge is 0.144 e. The van der Waals surface area contributed by atoms with Gasteiger partial charge >= 0.3 is 0 Å². The summed E-state index contributed by atoms with van der Waals surface area (Å²) in [6.07, 6.45) is 2.29. The number of hydrogen-bond acceptors (Lipinski definition) is 2. The molecule has 0 saturated carbocycles. The van der Waals surface area contributed by atoms with Gasteiger partial charge in [-0.25, -0.2) is 0 Å². The van der Waals surface area contributed by atoms with E-state index in [1.54, 1.807) is 0 Å². The summed E-state index contributed by atoms with van der Waals surface area (Å²) in [6, 6.07) is 2.21. The van der Waals surface area contributed by atoms with Gasteiger partial charge in [0.25, 0.3) is 0 Å². The fourth-order valence-corrected chi connectivity index (χ4v) is 4.52. The Bertz CT molecular complexity index is 394. The van der Waals surface area contributed by atoms with Crippen LogP contribution in [0, 0.1) is 0 Å². The van der Waals surface area contributed by atoms with Crippen LogP contribution < -0.4 is 5.32 Å². The minimum Gasteiger partial charge on any atom is -0.506 e. The van der Waals surface area contributed by atoms with Gasteiger partial charge in [0.05, 0.1) is 8.95 Å². The van der Waals surface area contributed by atoms with E-state index in [9.17, 15) is 5.11 Å². The van der Waals surface area contributed by atoms with E-state index in [1.807, 2.05) is 6.07 Å². The van der Waals surface area contributed by atoms with Crippen LogP contribution in [0.5, 0.6) is 5.75 Å². The quantitative estimate of drug-likeness (QED) is 0.679. The normalized spacial score (nSPS) is 19.6. The minimum absolute atomic E-state index is 0. The Morgan fingerprint density at radius 2 is 1.94 bits per heavy atom. The zero-order chi connectivity index (χ0) is 11.0. The monoisotopic (exact) mass is 433 g/mol. The van der Waals surface area contributed by atoms with Crippen molar-refractivity contribution in [3.63, 3.8) is 0 Å². The maximum absolute atomic E-state index is 9.83. The van der Waals surface area contributed by atoms with E-state index >= 15 is 0 Å². The second-order valence-corrected chi connectivity index (χ2v) is 6.07. The van der Waals surface area contributed by atoms with Gasteiger partial charge in [0.2, 0.25) is 0 Å². The molecule has 0 amide bonds. The number of nitrogens with one attached hydrogen (secondary N) is 1. The topological polar surface area (TPSA) is 32.3 Å². The van der Waals surface area contributed by atoms with Crippen molar-refractivity contribution in [3.8, 4) is 5.75 Å². The molecule has 0 radical (unpaired) electrons. The van der Waals surface area contributed by atoms with Crippen LogP contribution in [0.15, 0.2) is 19.5 Å². The zero-order valence-electron chi connectivity index (χ0n) is 8.27. The fraction of sp³-hybridized carbons (Fsp3) is 0.400. The molecule has 0 bridgehead atoms. The minimum atomic E-state index is 0. The molecule has 0 unspecified atom stereocenters. The molecule has 90 valence electrons. The lowest BCUT2D eigenvalue weighted by Crippen LogP contribution is -2.14. The highest BCUT2D eigenvalue weighted by atomic mass is 79.9. The molecule has 0 spiro atoms. The summed E-state index contributed by atoms with van der Waals surface area (Å²) in [4.78, 5) is 0. The Balaban J connectivity index is 0.00000128. The van der Waals surface area contributed by atoms with Gasteiger partial charge in [0, 0.05) is 16.1 Å². The van der Waals surface area contributed by atoms with Gasteiger partial charge in [-0.3, -0.25) is 0 Å². The van der Waals surface area contributed by atoms with Crippen molar-refractivity contribution in [2.24, 2.45) is 0 Å². The van der Waals surface area contributed by atoms with E-state index in [4.69, 9.17) is 0 Å². The average Bonchev–Trinajstić information content (AvgIpc) is 2.68. The Hall–Kier alpha value is 0.710. The molecule has 0 aliphatic carbocycles. The molecule has 2 nitrogen and oxygen atoms in total. The zero-order valence-corrected chi connectivity index (χ0v) is 13.8.